The summed E-state index contributed by atoms with van der Waals surface area (Å²) in [7, 11) is 0. The van der Waals surface area contributed by atoms with Crippen LogP contribution in [0.5, 0.6) is 0 Å². The van der Waals surface area contributed by atoms with E-state index in [1.54, 1.807) is 0 Å². The zero-order valence-corrected chi connectivity index (χ0v) is 8.28. The van der Waals surface area contributed by atoms with Crippen LogP contribution < -0.4 is 0 Å². The van der Waals surface area contributed by atoms with Crippen LogP contribution >= 0.6 is 12.2 Å². The van der Waals surface area contributed by atoms with Gasteiger partial charge in [0, 0.05) is 19.0 Å². The van der Waals surface area contributed by atoms with E-state index >= 15 is 0 Å². The van der Waals surface area contributed by atoms with Crippen LogP contribution in [0.3, 0.4) is 0 Å². The summed E-state index contributed by atoms with van der Waals surface area (Å²) in [6, 6.07) is 0. The van der Waals surface area contributed by atoms with Gasteiger partial charge >= 0.3 is 0 Å². The van der Waals surface area contributed by atoms with Gasteiger partial charge in [-0.1, -0.05) is 26.1 Å². The molecule has 0 spiro atoms. The van der Waals surface area contributed by atoms with Gasteiger partial charge in [0.25, 0.3) is 0 Å². The second-order valence-corrected chi connectivity index (χ2v) is 3.76. The molecule has 1 nitrogen and oxygen atoms in total. The molecule has 0 bridgehead atoms. The molecule has 11 heavy (non-hydrogen) atoms. The summed E-state index contributed by atoms with van der Waals surface area (Å²) < 4.78 is 0. The minimum atomic E-state index is 0.600. The highest BCUT2D eigenvalue weighted by atomic mass is 32.1. The molecule has 0 radical (unpaired) electrons. The van der Waals surface area contributed by atoms with Gasteiger partial charge in [0.05, 0.1) is 4.99 Å². The molecule has 0 unspecified atom stereocenters. The van der Waals surface area contributed by atoms with E-state index in [-0.39, 0.29) is 0 Å². The molecule has 0 amide bonds. The summed E-state index contributed by atoms with van der Waals surface area (Å²) >= 11 is 5.36. The van der Waals surface area contributed by atoms with Crippen LogP contribution in [-0.2, 0) is 0 Å². The topological polar surface area (TPSA) is 3.24 Å². The summed E-state index contributed by atoms with van der Waals surface area (Å²) in [5.74, 6) is 0.600. The minimum absolute atomic E-state index is 0.600. The standard InChI is InChI=1S/C9H17NS/c1-3-8(2)9(11)10-6-4-5-7-10/h8H,3-7H2,1-2H3/t8-/m0/s1. The summed E-state index contributed by atoms with van der Waals surface area (Å²) in [5, 5.41) is 0. The number of hydrogen-bond acceptors (Lipinski definition) is 1. The molecule has 1 heterocycles. The fraction of sp³-hybridized carbons (Fsp3) is 0.889. The predicted molar refractivity (Wildman–Crippen MR) is 52.9 cm³/mol. The first-order valence-corrected chi connectivity index (χ1v) is 4.95. The third kappa shape index (κ3) is 2.16. The average Bonchev–Trinajstić information content (AvgIpc) is 2.53. The smallest absolute Gasteiger partial charge is 0.0807 e. The lowest BCUT2D eigenvalue weighted by molar-refractivity contribution is 0.490. The Morgan fingerprint density at radius 1 is 1.45 bits per heavy atom. The van der Waals surface area contributed by atoms with Gasteiger partial charge in [-0.25, -0.2) is 0 Å². The van der Waals surface area contributed by atoms with Gasteiger partial charge < -0.3 is 4.90 Å². The maximum atomic E-state index is 5.36. The molecule has 1 atom stereocenters. The van der Waals surface area contributed by atoms with Crippen molar-refractivity contribution in [2.45, 2.75) is 33.1 Å². The maximum absolute atomic E-state index is 5.36. The largest absolute Gasteiger partial charge is 0.366 e. The minimum Gasteiger partial charge on any atom is -0.366 e. The van der Waals surface area contributed by atoms with Gasteiger partial charge in [0.1, 0.15) is 0 Å². The molecule has 0 saturated carbocycles. The molecule has 0 aromatic heterocycles. The van der Waals surface area contributed by atoms with Gasteiger partial charge in [0.2, 0.25) is 0 Å². The number of hydrogen-bond donors (Lipinski definition) is 0. The highest BCUT2D eigenvalue weighted by Crippen LogP contribution is 2.14. The Kier molecular flexibility index (Phi) is 3.31. The Labute approximate surface area is 74.8 Å². The summed E-state index contributed by atoms with van der Waals surface area (Å²) in [4.78, 5) is 3.55. The fourth-order valence-corrected chi connectivity index (χ4v) is 1.77. The molecule has 1 saturated heterocycles. The highest BCUT2D eigenvalue weighted by molar-refractivity contribution is 7.80. The summed E-state index contributed by atoms with van der Waals surface area (Å²) in [6.07, 6.45) is 3.84. The average molecular weight is 171 g/mol. The van der Waals surface area contributed by atoms with E-state index in [4.69, 9.17) is 12.2 Å². The van der Waals surface area contributed by atoms with Crippen molar-refractivity contribution in [1.82, 2.24) is 4.90 Å². The molecule has 0 N–H and O–H groups in total. The SMILES string of the molecule is CC[C@H](C)C(=S)N1CCCC1. The van der Waals surface area contributed by atoms with E-state index in [1.807, 2.05) is 0 Å². The molecular formula is C9H17NS. The van der Waals surface area contributed by atoms with E-state index in [1.165, 1.54) is 37.3 Å². The van der Waals surface area contributed by atoms with Crippen LogP contribution in [0.25, 0.3) is 0 Å². The van der Waals surface area contributed by atoms with Crippen LogP contribution in [0, 0.1) is 5.92 Å². The Bertz CT molecular complexity index is 138. The maximum Gasteiger partial charge on any atom is 0.0807 e. The van der Waals surface area contributed by atoms with Crippen LogP contribution in [0.4, 0.5) is 0 Å². The molecule has 64 valence electrons. The zero-order valence-electron chi connectivity index (χ0n) is 7.47. The molecule has 2 heteroatoms. The zero-order chi connectivity index (χ0) is 8.27. The lowest BCUT2D eigenvalue weighted by Crippen LogP contribution is -2.30. The predicted octanol–water partition coefficient (Wildman–Crippen LogP) is 2.46. The van der Waals surface area contributed by atoms with Crippen LogP contribution in [0.1, 0.15) is 33.1 Å². The van der Waals surface area contributed by atoms with Crippen molar-refractivity contribution in [2.24, 2.45) is 5.92 Å². The van der Waals surface area contributed by atoms with Crippen molar-refractivity contribution in [2.75, 3.05) is 13.1 Å². The van der Waals surface area contributed by atoms with E-state index in [9.17, 15) is 0 Å². The number of nitrogens with zero attached hydrogens (tertiary/aromatic N) is 1. The normalized spacial score (nSPS) is 20.4. The molecule has 1 rings (SSSR count). The van der Waals surface area contributed by atoms with Crippen LogP contribution in [0.2, 0.25) is 0 Å². The Balaban J connectivity index is 2.39. The van der Waals surface area contributed by atoms with Crippen molar-refractivity contribution in [3.8, 4) is 0 Å². The monoisotopic (exact) mass is 171 g/mol. The number of likely N-dealkylation sites (tertiary alicyclic amines) is 1. The van der Waals surface area contributed by atoms with Crippen molar-refractivity contribution in [1.29, 1.82) is 0 Å². The second kappa shape index (κ2) is 4.05. The van der Waals surface area contributed by atoms with Crippen LogP contribution in [0.15, 0.2) is 0 Å². The van der Waals surface area contributed by atoms with Gasteiger partial charge in [0.15, 0.2) is 0 Å². The Morgan fingerprint density at radius 3 is 2.45 bits per heavy atom. The van der Waals surface area contributed by atoms with Gasteiger partial charge in [-0.3, -0.25) is 0 Å². The molecule has 0 aromatic rings. The summed E-state index contributed by atoms with van der Waals surface area (Å²) in [6.45, 7) is 6.82. The number of rotatable bonds is 2. The third-order valence-corrected chi connectivity index (χ3v) is 3.11. The van der Waals surface area contributed by atoms with Gasteiger partial charge in [-0.05, 0) is 19.3 Å². The first-order valence-electron chi connectivity index (χ1n) is 4.54. The Morgan fingerprint density at radius 2 is 2.00 bits per heavy atom. The van der Waals surface area contributed by atoms with Crippen molar-refractivity contribution in [3.05, 3.63) is 0 Å². The molecule has 1 aliphatic heterocycles. The van der Waals surface area contributed by atoms with E-state index < -0.39 is 0 Å². The van der Waals surface area contributed by atoms with E-state index in [2.05, 4.69) is 18.7 Å². The van der Waals surface area contributed by atoms with Crippen molar-refractivity contribution < 1.29 is 0 Å². The van der Waals surface area contributed by atoms with E-state index in [0.29, 0.717) is 5.92 Å². The van der Waals surface area contributed by atoms with Gasteiger partial charge in [-0.15, -0.1) is 0 Å². The highest BCUT2D eigenvalue weighted by Gasteiger charge is 2.17. The quantitative estimate of drug-likeness (QED) is 0.587. The van der Waals surface area contributed by atoms with Crippen molar-refractivity contribution in [3.63, 3.8) is 0 Å². The molecule has 1 fully saturated rings. The van der Waals surface area contributed by atoms with E-state index in [0.717, 1.165) is 0 Å². The first kappa shape index (κ1) is 8.98. The van der Waals surface area contributed by atoms with Gasteiger partial charge in [-0.2, -0.15) is 0 Å². The molecule has 1 aliphatic rings. The van der Waals surface area contributed by atoms with Crippen LogP contribution in [-0.4, -0.2) is 23.0 Å². The fourth-order valence-electron chi connectivity index (χ4n) is 1.42. The third-order valence-electron chi connectivity index (χ3n) is 2.45. The molecule has 0 aromatic carbocycles. The lowest BCUT2D eigenvalue weighted by Gasteiger charge is -2.22. The lowest BCUT2D eigenvalue weighted by atomic mass is 10.1. The molecular weight excluding hydrogens is 154 g/mol. The first-order chi connectivity index (χ1) is 5.25. The van der Waals surface area contributed by atoms with Crippen molar-refractivity contribution >= 4 is 17.2 Å². The number of thiocarbonyl (C=S) groups is 1. The molecule has 0 aliphatic carbocycles. The summed E-state index contributed by atoms with van der Waals surface area (Å²) in [5.41, 5.74) is 0. The second-order valence-electron chi connectivity index (χ2n) is 3.34. The Hall–Kier alpha value is -0.110.